The zero-order chi connectivity index (χ0) is 19.1. The molecule has 0 fully saturated rings. The molecule has 0 bridgehead atoms. The van der Waals surface area contributed by atoms with Gasteiger partial charge in [-0.2, -0.15) is 0 Å². The number of ether oxygens (including phenoxy) is 1. The van der Waals surface area contributed by atoms with E-state index in [2.05, 4.69) is 5.32 Å². The highest BCUT2D eigenvalue weighted by Gasteiger charge is 2.14. The van der Waals surface area contributed by atoms with Crippen molar-refractivity contribution >= 4 is 29.2 Å². The molecule has 0 unspecified atom stereocenters. The van der Waals surface area contributed by atoms with E-state index in [1.807, 2.05) is 30.3 Å². The maximum atomic E-state index is 12.9. The van der Waals surface area contributed by atoms with Crippen molar-refractivity contribution in [3.8, 4) is 0 Å². The number of nitrogens with one attached hydrogen (secondary N) is 1. The van der Waals surface area contributed by atoms with E-state index in [4.69, 9.17) is 9.15 Å². The second kappa shape index (κ2) is 8.67. The van der Waals surface area contributed by atoms with Crippen molar-refractivity contribution in [2.24, 2.45) is 0 Å². The standard InChI is InChI=1S/C22H19NO4/c1-2-26-22(25)17-10-6-11-18(14-17)23-21(24)20(15-19-12-7-13-27-19)16-8-4-3-5-9-16/h3-15H,2H2,1H3,(H,23,24)/b20-15+. The van der Waals surface area contributed by atoms with E-state index >= 15 is 0 Å². The first-order valence-corrected chi connectivity index (χ1v) is 8.56. The Kier molecular flexibility index (Phi) is 5.84. The van der Waals surface area contributed by atoms with E-state index in [9.17, 15) is 9.59 Å². The Hall–Kier alpha value is -3.60. The van der Waals surface area contributed by atoms with Gasteiger partial charge in [-0.25, -0.2) is 4.79 Å². The average Bonchev–Trinajstić information content (AvgIpc) is 3.20. The van der Waals surface area contributed by atoms with Gasteiger partial charge in [0.1, 0.15) is 5.76 Å². The van der Waals surface area contributed by atoms with Crippen LogP contribution in [-0.4, -0.2) is 18.5 Å². The van der Waals surface area contributed by atoms with Crippen LogP contribution in [0.15, 0.2) is 77.4 Å². The van der Waals surface area contributed by atoms with Crippen LogP contribution >= 0.6 is 0 Å². The molecule has 5 heteroatoms. The minimum absolute atomic E-state index is 0.291. The summed E-state index contributed by atoms with van der Waals surface area (Å²) in [5.74, 6) is -0.161. The fraction of sp³-hybridized carbons (Fsp3) is 0.0909. The largest absolute Gasteiger partial charge is 0.465 e. The quantitative estimate of drug-likeness (QED) is 0.513. The van der Waals surface area contributed by atoms with Crippen LogP contribution in [0.25, 0.3) is 11.6 Å². The van der Waals surface area contributed by atoms with Gasteiger partial charge in [0.25, 0.3) is 5.91 Å². The Labute approximate surface area is 157 Å². The lowest BCUT2D eigenvalue weighted by atomic mass is 10.0. The number of esters is 1. The molecule has 27 heavy (non-hydrogen) atoms. The summed E-state index contributed by atoms with van der Waals surface area (Å²) in [4.78, 5) is 24.8. The van der Waals surface area contributed by atoms with E-state index < -0.39 is 5.97 Å². The maximum Gasteiger partial charge on any atom is 0.338 e. The number of rotatable bonds is 6. The Balaban J connectivity index is 1.88. The zero-order valence-corrected chi connectivity index (χ0v) is 14.8. The molecule has 5 nitrogen and oxygen atoms in total. The van der Waals surface area contributed by atoms with E-state index in [0.29, 0.717) is 29.2 Å². The summed E-state index contributed by atoms with van der Waals surface area (Å²) in [6.07, 6.45) is 3.23. The monoisotopic (exact) mass is 361 g/mol. The molecule has 0 aliphatic carbocycles. The predicted octanol–water partition coefficient (Wildman–Crippen LogP) is 4.64. The molecule has 1 amide bonds. The Morgan fingerprint density at radius 1 is 1.00 bits per heavy atom. The van der Waals surface area contributed by atoms with Gasteiger partial charge >= 0.3 is 5.97 Å². The van der Waals surface area contributed by atoms with E-state index in [-0.39, 0.29) is 5.91 Å². The predicted molar refractivity (Wildman–Crippen MR) is 104 cm³/mol. The maximum absolute atomic E-state index is 12.9. The van der Waals surface area contributed by atoms with Gasteiger partial charge < -0.3 is 14.5 Å². The third kappa shape index (κ3) is 4.73. The highest BCUT2D eigenvalue weighted by Crippen LogP contribution is 2.21. The number of hydrogen-bond donors (Lipinski definition) is 1. The molecule has 0 atom stereocenters. The van der Waals surface area contributed by atoms with Gasteiger partial charge in [0.15, 0.2) is 0 Å². The molecule has 2 aromatic carbocycles. The second-order valence-electron chi connectivity index (χ2n) is 5.69. The molecule has 0 saturated heterocycles. The molecule has 0 aliphatic heterocycles. The molecular weight excluding hydrogens is 342 g/mol. The zero-order valence-electron chi connectivity index (χ0n) is 14.8. The topological polar surface area (TPSA) is 68.5 Å². The fourth-order valence-corrected chi connectivity index (χ4v) is 2.55. The summed E-state index contributed by atoms with van der Waals surface area (Å²) in [5.41, 5.74) is 2.10. The Morgan fingerprint density at radius 2 is 1.78 bits per heavy atom. The highest BCUT2D eigenvalue weighted by molar-refractivity contribution is 6.29. The summed E-state index contributed by atoms with van der Waals surface area (Å²) in [6.45, 7) is 2.04. The normalized spacial score (nSPS) is 11.1. The van der Waals surface area contributed by atoms with Crippen LogP contribution in [0.4, 0.5) is 5.69 Å². The van der Waals surface area contributed by atoms with Gasteiger partial charge in [0.05, 0.1) is 24.0 Å². The van der Waals surface area contributed by atoms with Crippen LogP contribution in [0.2, 0.25) is 0 Å². The van der Waals surface area contributed by atoms with Gasteiger partial charge in [-0.1, -0.05) is 36.4 Å². The summed E-state index contributed by atoms with van der Waals surface area (Å²) in [7, 11) is 0. The molecule has 0 spiro atoms. The van der Waals surface area contributed by atoms with Gasteiger partial charge in [-0.05, 0) is 48.9 Å². The minimum Gasteiger partial charge on any atom is -0.465 e. The average molecular weight is 361 g/mol. The molecule has 1 N–H and O–H groups in total. The van der Waals surface area contributed by atoms with E-state index in [0.717, 1.165) is 5.56 Å². The van der Waals surface area contributed by atoms with Crippen molar-refractivity contribution in [1.29, 1.82) is 0 Å². The Bertz CT molecular complexity index is 943. The SMILES string of the molecule is CCOC(=O)c1cccc(NC(=O)/C(=C/c2ccco2)c2ccccc2)c1. The van der Waals surface area contributed by atoms with Crippen molar-refractivity contribution < 1.29 is 18.7 Å². The number of carbonyl (C=O) groups excluding carboxylic acids is 2. The molecule has 1 aromatic heterocycles. The first-order chi connectivity index (χ1) is 13.2. The number of furan rings is 1. The third-order valence-electron chi connectivity index (χ3n) is 3.79. The first kappa shape index (κ1) is 18.2. The van der Waals surface area contributed by atoms with Crippen LogP contribution in [0.5, 0.6) is 0 Å². The summed E-state index contributed by atoms with van der Waals surface area (Å²) >= 11 is 0. The number of hydrogen-bond acceptors (Lipinski definition) is 4. The number of carbonyl (C=O) groups is 2. The van der Waals surface area contributed by atoms with Gasteiger partial charge in [0, 0.05) is 5.69 Å². The first-order valence-electron chi connectivity index (χ1n) is 8.56. The molecular formula is C22H19NO4. The Morgan fingerprint density at radius 3 is 2.48 bits per heavy atom. The number of benzene rings is 2. The van der Waals surface area contributed by atoms with Crippen LogP contribution in [0, 0.1) is 0 Å². The molecule has 0 saturated carbocycles. The van der Waals surface area contributed by atoms with Gasteiger partial charge in [-0.15, -0.1) is 0 Å². The molecule has 136 valence electrons. The number of amides is 1. The van der Waals surface area contributed by atoms with Crippen molar-refractivity contribution in [2.75, 3.05) is 11.9 Å². The van der Waals surface area contributed by atoms with E-state index in [1.54, 1.807) is 55.7 Å². The van der Waals surface area contributed by atoms with Crippen molar-refractivity contribution in [3.05, 3.63) is 89.9 Å². The molecule has 1 heterocycles. The van der Waals surface area contributed by atoms with Crippen molar-refractivity contribution in [3.63, 3.8) is 0 Å². The molecule has 3 aromatic rings. The van der Waals surface area contributed by atoms with Crippen molar-refractivity contribution in [1.82, 2.24) is 0 Å². The van der Waals surface area contributed by atoms with Crippen LogP contribution in [0.3, 0.4) is 0 Å². The van der Waals surface area contributed by atoms with Crippen LogP contribution in [-0.2, 0) is 9.53 Å². The summed E-state index contributed by atoms with van der Waals surface area (Å²) < 4.78 is 10.3. The van der Waals surface area contributed by atoms with Crippen molar-refractivity contribution in [2.45, 2.75) is 6.92 Å². The summed E-state index contributed by atoms with van der Waals surface area (Å²) in [6, 6.07) is 19.5. The lowest BCUT2D eigenvalue weighted by Crippen LogP contribution is -2.14. The molecule has 0 radical (unpaired) electrons. The van der Waals surface area contributed by atoms with Crippen LogP contribution in [0.1, 0.15) is 28.6 Å². The van der Waals surface area contributed by atoms with E-state index in [1.165, 1.54) is 0 Å². The third-order valence-corrected chi connectivity index (χ3v) is 3.79. The van der Waals surface area contributed by atoms with Crippen LogP contribution < -0.4 is 5.32 Å². The lowest BCUT2D eigenvalue weighted by molar-refractivity contribution is -0.111. The minimum atomic E-state index is -0.428. The second-order valence-corrected chi connectivity index (χ2v) is 5.69. The van der Waals surface area contributed by atoms with Gasteiger partial charge in [-0.3, -0.25) is 4.79 Å². The van der Waals surface area contributed by atoms with Gasteiger partial charge in [0.2, 0.25) is 0 Å². The molecule has 3 rings (SSSR count). The number of anilines is 1. The fourth-order valence-electron chi connectivity index (χ4n) is 2.55. The molecule has 0 aliphatic rings. The summed E-state index contributed by atoms with van der Waals surface area (Å²) in [5, 5.41) is 2.83. The smallest absolute Gasteiger partial charge is 0.338 e. The highest BCUT2D eigenvalue weighted by atomic mass is 16.5. The lowest BCUT2D eigenvalue weighted by Gasteiger charge is -2.10.